The Morgan fingerprint density at radius 3 is 2.86 bits per heavy atom. The molecule has 0 unspecified atom stereocenters. The summed E-state index contributed by atoms with van der Waals surface area (Å²) in [5.41, 5.74) is 1.20. The lowest BCUT2D eigenvalue weighted by Gasteiger charge is -2.17. The summed E-state index contributed by atoms with van der Waals surface area (Å²) in [4.78, 5) is 21.5. The number of aromatic nitrogens is 2. The van der Waals surface area contributed by atoms with Crippen molar-refractivity contribution in [3.63, 3.8) is 0 Å². The quantitative estimate of drug-likeness (QED) is 0.710. The first-order valence-electron chi connectivity index (χ1n) is 9.07. The number of halogens is 2. The normalized spacial score (nSPS) is 17.7. The van der Waals surface area contributed by atoms with Crippen LogP contribution in [0.15, 0.2) is 36.2 Å². The van der Waals surface area contributed by atoms with Crippen molar-refractivity contribution in [3.05, 3.63) is 59.1 Å². The summed E-state index contributed by atoms with van der Waals surface area (Å²) in [6, 6.07) is 3.89. The van der Waals surface area contributed by atoms with E-state index in [1.165, 1.54) is 31.3 Å². The fourth-order valence-electron chi connectivity index (χ4n) is 3.14. The smallest absolute Gasteiger partial charge is 0.331 e. The molecule has 1 fully saturated rings. The SMILES string of the molecule is C/C(=C\c1cnc(N[C@@H]2CCN(CCc3ccc(F)cc3F)C2)cn1)C(=O)O. The molecule has 1 saturated heterocycles. The maximum atomic E-state index is 13.7. The Morgan fingerprint density at radius 2 is 2.18 bits per heavy atom. The number of hydrogen-bond donors (Lipinski definition) is 2. The lowest BCUT2D eigenvalue weighted by Crippen LogP contribution is -2.28. The van der Waals surface area contributed by atoms with Crippen molar-refractivity contribution in [2.75, 3.05) is 25.0 Å². The zero-order valence-corrected chi connectivity index (χ0v) is 15.5. The van der Waals surface area contributed by atoms with Gasteiger partial charge in [-0.25, -0.2) is 18.6 Å². The number of carboxylic acid groups (broad SMARTS) is 1. The molecule has 0 saturated carbocycles. The van der Waals surface area contributed by atoms with Crippen LogP contribution in [-0.2, 0) is 11.2 Å². The van der Waals surface area contributed by atoms with Crippen molar-refractivity contribution in [1.82, 2.24) is 14.9 Å². The van der Waals surface area contributed by atoms with Gasteiger partial charge in [-0.2, -0.15) is 0 Å². The summed E-state index contributed by atoms with van der Waals surface area (Å²) >= 11 is 0. The van der Waals surface area contributed by atoms with Crippen molar-refractivity contribution >= 4 is 17.9 Å². The van der Waals surface area contributed by atoms with E-state index in [1.807, 2.05) is 0 Å². The van der Waals surface area contributed by atoms with Crippen LogP contribution in [0.5, 0.6) is 0 Å². The van der Waals surface area contributed by atoms with Crippen molar-refractivity contribution < 1.29 is 18.7 Å². The highest BCUT2D eigenvalue weighted by molar-refractivity contribution is 5.91. The summed E-state index contributed by atoms with van der Waals surface area (Å²) in [6.07, 6.45) is 6.03. The van der Waals surface area contributed by atoms with E-state index in [0.29, 0.717) is 30.0 Å². The molecule has 8 heteroatoms. The van der Waals surface area contributed by atoms with Gasteiger partial charge in [0.15, 0.2) is 0 Å². The zero-order chi connectivity index (χ0) is 20.1. The molecule has 28 heavy (non-hydrogen) atoms. The van der Waals surface area contributed by atoms with Crippen LogP contribution in [-0.4, -0.2) is 51.6 Å². The maximum absolute atomic E-state index is 13.7. The Kier molecular flexibility index (Phi) is 6.30. The number of hydrogen-bond acceptors (Lipinski definition) is 5. The standard InChI is InChI=1S/C20H22F2N4O2/c1-13(20(27)28)8-17-10-24-19(11-23-17)25-16-5-7-26(12-16)6-4-14-2-3-15(21)9-18(14)22/h2-3,8-11,16H,4-7,12H2,1H3,(H,24,25)(H,27,28)/b13-8+/t16-/m1/s1. The molecule has 1 aliphatic rings. The van der Waals surface area contributed by atoms with Gasteiger partial charge < -0.3 is 15.3 Å². The molecule has 3 rings (SSSR count). The van der Waals surface area contributed by atoms with Crippen LogP contribution in [0.2, 0.25) is 0 Å². The van der Waals surface area contributed by atoms with Crippen LogP contribution in [0.1, 0.15) is 24.6 Å². The van der Waals surface area contributed by atoms with E-state index in [9.17, 15) is 13.6 Å². The van der Waals surface area contributed by atoms with E-state index in [0.717, 1.165) is 25.6 Å². The van der Waals surface area contributed by atoms with E-state index in [2.05, 4.69) is 20.2 Å². The highest BCUT2D eigenvalue weighted by Gasteiger charge is 2.22. The van der Waals surface area contributed by atoms with E-state index in [-0.39, 0.29) is 11.6 Å². The summed E-state index contributed by atoms with van der Waals surface area (Å²) in [6.45, 7) is 3.88. The second-order valence-corrected chi connectivity index (χ2v) is 6.88. The third kappa shape index (κ3) is 5.32. The number of nitrogens with zero attached hydrogens (tertiary/aromatic N) is 3. The number of anilines is 1. The molecule has 2 N–H and O–H groups in total. The third-order valence-corrected chi connectivity index (χ3v) is 4.71. The minimum absolute atomic E-state index is 0.194. The maximum Gasteiger partial charge on any atom is 0.331 e. The van der Waals surface area contributed by atoms with Gasteiger partial charge in [0.2, 0.25) is 0 Å². The van der Waals surface area contributed by atoms with Crippen LogP contribution in [0.25, 0.3) is 6.08 Å². The summed E-state index contributed by atoms with van der Waals surface area (Å²) < 4.78 is 26.7. The topological polar surface area (TPSA) is 78.4 Å². The van der Waals surface area contributed by atoms with Crippen LogP contribution in [0.3, 0.4) is 0 Å². The van der Waals surface area contributed by atoms with Crippen molar-refractivity contribution in [2.24, 2.45) is 0 Å². The first-order chi connectivity index (χ1) is 13.4. The molecule has 1 atom stereocenters. The average Bonchev–Trinajstić information content (AvgIpc) is 3.10. The number of carbonyl (C=O) groups is 1. The van der Waals surface area contributed by atoms with Gasteiger partial charge in [0.1, 0.15) is 17.5 Å². The lowest BCUT2D eigenvalue weighted by atomic mass is 10.1. The fourth-order valence-corrected chi connectivity index (χ4v) is 3.14. The number of nitrogens with one attached hydrogen (secondary N) is 1. The van der Waals surface area contributed by atoms with E-state index in [4.69, 9.17) is 5.11 Å². The first kappa shape index (κ1) is 19.9. The predicted molar refractivity (Wildman–Crippen MR) is 102 cm³/mol. The van der Waals surface area contributed by atoms with Gasteiger partial charge in [0.25, 0.3) is 0 Å². The highest BCUT2D eigenvalue weighted by Crippen LogP contribution is 2.16. The molecule has 1 aliphatic heterocycles. The van der Waals surface area contributed by atoms with E-state index in [1.54, 1.807) is 6.20 Å². The zero-order valence-electron chi connectivity index (χ0n) is 15.5. The fraction of sp³-hybridized carbons (Fsp3) is 0.350. The molecule has 6 nitrogen and oxygen atoms in total. The van der Waals surface area contributed by atoms with Crippen molar-refractivity contribution in [3.8, 4) is 0 Å². The van der Waals surface area contributed by atoms with Crippen molar-refractivity contribution in [1.29, 1.82) is 0 Å². The Hall–Kier alpha value is -2.87. The summed E-state index contributed by atoms with van der Waals surface area (Å²) in [5.74, 6) is -1.43. The molecule has 0 spiro atoms. The summed E-state index contributed by atoms with van der Waals surface area (Å²) in [7, 11) is 0. The number of carboxylic acids is 1. The highest BCUT2D eigenvalue weighted by atomic mass is 19.1. The molecule has 0 aliphatic carbocycles. The molecule has 0 amide bonds. The monoisotopic (exact) mass is 388 g/mol. The van der Waals surface area contributed by atoms with Crippen LogP contribution in [0, 0.1) is 11.6 Å². The van der Waals surface area contributed by atoms with Gasteiger partial charge in [-0.3, -0.25) is 4.98 Å². The van der Waals surface area contributed by atoms with Crippen molar-refractivity contribution in [2.45, 2.75) is 25.8 Å². The molecule has 148 valence electrons. The average molecular weight is 388 g/mol. The summed E-state index contributed by atoms with van der Waals surface area (Å²) in [5, 5.41) is 12.2. The second-order valence-electron chi connectivity index (χ2n) is 6.88. The third-order valence-electron chi connectivity index (χ3n) is 4.71. The molecule has 1 aromatic carbocycles. The van der Waals surface area contributed by atoms with Crippen LogP contribution in [0.4, 0.5) is 14.6 Å². The predicted octanol–water partition coefficient (Wildman–Crippen LogP) is 2.97. The number of likely N-dealkylation sites (tertiary alicyclic amines) is 1. The lowest BCUT2D eigenvalue weighted by molar-refractivity contribution is -0.132. The largest absolute Gasteiger partial charge is 0.478 e. The minimum atomic E-state index is -0.990. The van der Waals surface area contributed by atoms with Gasteiger partial charge in [-0.05, 0) is 37.5 Å². The molecule has 1 aromatic heterocycles. The molecule has 2 aromatic rings. The number of benzene rings is 1. The molecule has 0 bridgehead atoms. The second kappa shape index (κ2) is 8.88. The van der Waals surface area contributed by atoms with Crippen LogP contribution >= 0.6 is 0 Å². The van der Waals surface area contributed by atoms with Gasteiger partial charge in [0, 0.05) is 37.3 Å². The number of rotatable bonds is 7. The molecule has 0 radical (unpaired) electrons. The Balaban J connectivity index is 1.49. The Labute approximate surface area is 161 Å². The van der Waals surface area contributed by atoms with Crippen LogP contribution < -0.4 is 5.32 Å². The molecular formula is C20H22F2N4O2. The van der Waals surface area contributed by atoms with Gasteiger partial charge in [-0.1, -0.05) is 6.07 Å². The Morgan fingerprint density at radius 1 is 1.36 bits per heavy atom. The number of aliphatic carboxylic acids is 1. The van der Waals surface area contributed by atoms with E-state index < -0.39 is 17.6 Å². The van der Waals surface area contributed by atoms with E-state index >= 15 is 0 Å². The van der Waals surface area contributed by atoms with Gasteiger partial charge in [-0.15, -0.1) is 0 Å². The van der Waals surface area contributed by atoms with Gasteiger partial charge in [0.05, 0.1) is 18.1 Å². The molecular weight excluding hydrogens is 366 g/mol. The van der Waals surface area contributed by atoms with Gasteiger partial charge >= 0.3 is 5.97 Å². The Bertz CT molecular complexity index is 871. The first-order valence-corrected chi connectivity index (χ1v) is 9.07. The minimum Gasteiger partial charge on any atom is -0.478 e. The molecule has 2 heterocycles.